The second-order valence-electron chi connectivity index (χ2n) is 4.72. The van der Waals surface area contributed by atoms with Gasteiger partial charge >= 0.3 is 0 Å². The van der Waals surface area contributed by atoms with Crippen LogP contribution in [0.5, 0.6) is 5.75 Å². The van der Waals surface area contributed by atoms with Gasteiger partial charge in [0.15, 0.2) is 5.84 Å². The van der Waals surface area contributed by atoms with Crippen LogP contribution in [0.15, 0.2) is 23.4 Å². The van der Waals surface area contributed by atoms with Crippen LogP contribution in [0.2, 0.25) is 0 Å². The molecule has 19 heavy (non-hydrogen) atoms. The van der Waals surface area contributed by atoms with E-state index in [2.05, 4.69) is 10.5 Å². The lowest BCUT2D eigenvalue weighted by molar-refractivity contribution is 0.0938. The normalized spacial score (nSPS) is 13.4. The highest BCUT2D eigenvalue weighted by molar-refractivity contribution is 5.99. The van der Waals surface area contributed by atoms with Gasteiger partial charge in [-0.3, -0.25) is 4.79 Å². The molecule has 6 nitrogen and oxygen atoms in total. The lowest BCUT2D eigenvalue weighted by Crippen LogP contribution is -2.48. The first kappa shape index (κ1) is 14.8. The molecule has 0 fully saturated rings. The number of hydrogen-bond donors (Lipinski definition) is 4. The molecule has 0 radical (unpaired) electrons. The van der Waals surface area contributed by atoms with E-state index in [0.29, 0.717) is 11.1 Å². The number of oxime groups is 1. The first-order valence-corrected chi connectivity index (χ1v) is 5.94. The topological polar surface area (TPSA) is 108 Å². The third-order valence-electron chi connectivity index (χ3n) is 2.84. The average Bonchev–Trinajstić information content (AvgIpc) is 2.34. The minimum absolute atomic E-state index is 0.0164. The van der Waals surface area contributed by atoms with Gasteiger partial charge < -0.3 is 21.4 Å². The van der Waals surface area contributed by atoms with Gasteiger partial charge in [-0.2, -0.15) is 0 Å². The smallest absolute Gasteiger partial charge is 0.252 e. The molecule has 6 heteroatoms. The SMILES string of the molecule is Cc1cc(O)ccc1C(=O)NC(/C(N)=N/O)C(C)C. The Morgan fingerprint density at radius 2 is 2.05 bits per heavy atom. The highest BCUT2D eigenvalue weighted by Crippen LogP contribution is 2.16. The molecule has 0 saturated heterocycles. The van der Waals surface area contributed by atoms with Crippen molar-refractivity contribution in [2.75, 3.05) is 0 Å². The molecule has 1 atom stereocenters. The lowest BCUT2D eigenvalue weighted by Gasteiger charge is -2.21. The lowest BCUT2D eigenvalue weighted by atomic mass is 10.0. The molecule has 104 valence electrons. The molecule has 0 aliphatic heterocycles. The molecule has 0 heterocycles. The second kappa shape index (κ2) is 6.08. The van der Waals surface area contributed by atoms with Crippen LogP contribution in [0.1, 0.15) is 29.8 Å². The van der Waals surface area contributed by atoms with Gasteiger partial charge in [0.1, 0.15) is 5.75 Å². The quantitative estimate of drug-likeness (QED) is 0.284. The Hall–Kier alpha value is -2.24. The zero-order valence-corrected chi connectivity index (χ0v) is 11.2. The van der Waals surface area contributed by atoms with Crippen molar-refractivity contribution in [3.63, 3.8) is 0 Å². The molecule has 1 amide bonds. The Morgan fingerprint density at radius 1 is 1.42 bits per heavy atom. The summed E-state index contributed by atoms with van der Waals surface area (Å²) in [4.78, 5) is 12.1. The van der Waals surface area contributed by atoms with Crippen molar-refractivity contribution in [1.82, 2.24) is 5.32 Å². The van der Waals surface area contributed by atoms with E-state index in [-0.39, 0.29) is 23.4 Å². The molecule has 1 unspecified atom stereocenters. The fourth-order valence-corrected chi connectivity index (χ4v) is 1.77. The summed E-state index contributed by atoms with van der Waals surface area (Å²) in [7, 11) is 0. The summed E-state index contributed by atoms with van der Waals surface area (Å²) in [5.41, 5.74) is 6.64. The largest absolute Gasteiger partial charge is 0.508 e. The molecule has 1 rings (SSSR count). The molecule has 1 aromatic carbocycles. The summed E-state index contributed by atoms with van der Waals surface area (Å²) in [5.74, 6) is -0.286. The number of phenolic OH excluding ortho intramolecular Hbond substituents is 1. The van der Waals surface area contributed by atoms with Crippen molar-refractivity contribution >= 4 is 11.7 Å². The van der Waals surface area contributed by atoms with Gasteiger partial charge in [0.2, 0.25) is 0 Å². The number of carbonyl (C=O) groups excluding carboxylic acids is 1. The molecule has 0 bridgehead atoms. The van der Waals surface area contributed by atoms with E-state index in [9.17, 15) is 9.90 Å². The number of nitrogens with one attached hydrogen (secondary N) is 1. The van der Waals surface area contributed by atoms with E-state index in [1.54, 1.807) is 6.92 Å². The number of nitrogens with zero attached hydrogens (tertiary/aromatic N) is 1. The second-order valence-corrected chi connectivity index (χ2v) is 4.72. The van der Waals surface area contributed by atoms with Crippen LogP contribution in [-0.4, -0.2) is 28.1 Å². The van der Waals surface area contributed by atoms with Gasteiger partial charge in [0, 0.05) is 5.56 Å². The van der Waals surface area contributed by atoms with E-state index in [1.165, 1.54) is 18.2 Å². The highest BCUT2D eigenvalue weighted by atomic mass is 16.4. The summed E-state index contributed by atoms with van der Waals surface area (Å²) < 4.78 is 0. The van der Waals surface area contributed by atoms with E-state index >= 15 is 0 Å². The van der Waals surface area contributed by atoms with Crippen LogP contribution in [0.4, 0.5) is 0 Å². The first-order valence-electron chi connectivity index (χ1n) is 5.94. The summed E-state index contributed by atoms with van der Waals surface area (Å²) in [6.45, 7) is 5.43. The number of aryl methyl sites for hydroxylation is 1. The third kappa shape index (κ3) is 3.61. The fourth-order valence-electron chi connectivity index (χ4n) is 1.77. The van der Waals surface area contributed by atoms with Crippen LogP contribution >= 0.6 is 0 Å². The molecular weight excluding hydrogens is 246 g/mol. The average molecular weight is 265 g/mol. The minimum Gasteiger partial charge on any atom is -0.508 e. The number of nitrogens with two attached hydrogens (primary N) is 1. The first-order chi connectivity index (χ1) is 8.86. The molecule has 0 spiro atoms. The van der Waals surface area contributed by atoms with Crippen LogP contribution in [0.3, 0.4) is 0 Å². The van der Waals surface area contributed by atoms with E-state index in [4.69, 9.17) is 10.9 Å². The number of aromatic hydroxyl groups is 1. The molecular formula is C13H19N3O3. The van der Waals surface area contributed by atoms with Gasteiger partial charge in [-0.15, -0.1) is 0 Å². The van der Waals surface area contributed by atoms with Crippen molar-refractivity contribution in [1.29, 1.82) is 0 Å². The maximum Gasteiger partial charge on any atom is 0.252 e. The van der Waals surface area contributed by atoms with Gasteiger partial charge in [-0.05, 0) is 36.6 Å². The van der Waals surface area contributed by atoms with Crippen LogP contribution in [0.25, 0.3) is 0 Å². The predicted molar refractivity (Wildman–Crippen MR) is 72.3 cm³/mol. The van der Waals surface area contributed by atoms with E-state index < -0.39 is 6.04 Å². The maximum absolute atomic E-state index is 12.1. The Bertz CT molecular complexity index is 498. The van der Waals surface area contributed by atoms with E-state index in [1.807, 2.05) is 13.8 Å². The van der Waals surface area contributed by atoms with Crippen LogP contribution in [-0.2, 0) is 0 Å². The van der Waals surface area contributed by atoms with Crippen LogP contribution in [0, 0.1) is 12.8 Å². The van der Waals surface area contributed by atoms with Crippen LogP contribution < -0.4 is 11.1 Å². The van der Waals surface area contributed by atoms with E-state index in [0.717, 1.165) is 0 Å². The summed E-state index contributed by atoms with van der Waals surface area (Å²) in [6.07, 6.45) is 0. The standard InChI is InChI=1S/C13H19N3O3/c1-7(2)11(12(14)16-19)15-13(18)10-5-4-9(17)6-8(10)3/h4-7,11,17,19H,1-3H3,(H2,14,16)(H,15,18). The Morgan fingerprint density at radius 3 is 2.53 bits per heavy atom. The van der Waals surface area contributed by atoms with Crippen molar-refractivity contribution < 1.29 is 15.1 Å². The molecule has 0 saturated carbocycles. The molecule has 0 aromatic heterocycles. The number of hydrogen-bond acceptors (Lipinski definition) is 4. The summed E-state index contributed by atoms with van der Waals surface area (Å²) in [5, 5.41) is 23.7. The zero-order valence-electron chi connectivity index (χ0n) is 11.2. The fraction of sp³-hybridized carbons (Fsp3) is 0.385. The number of phenols is 1. The predicted octanol–water partition coefficient (Wildman–Crippen LogP) is 1.20. The Kier molecular flexibility index (Phi) is 4.74. The summed E-state index contributed by atoms with van der Waals surface area (Å²) >= 11 is 0. The molecule has 0 aliphatic rings. The van der Waals surface area contributed by atoms with Gasteiger partial charge in [0.25, 0.3) is 5.91 Å². The monoisotopic (exact) mass is 265 g/mol. The number of carbonyl (C=O) groups is 1. The molecule has 5 N–H and O–H groups in total. The summed E-state index contributed by atoms with van der Waals surface area (Å²) in [6, 6.07) is 3.92. The molecule has 1 aromatic rings. The number of amides is 1. The highest BCUT2D eigenvalue weighted by Gasteiger charge is 2.22. The Labute approximate surface area is 111 Å². The van der Waals surface area contributed by atoms with Crippen molar-refractivity contribution in [2.24, 2.45) is 16.8 Å². The molecule has 0 aliphatic carbocycles. The zero-order chi connectivity index (χ0) is 14.6. The van der Waals surface area contributed by atoms with Crippen molar-refractivity contribution in [2.45, 2.75) is 26.8 Å². The van der Waals surface area contributed by atoms with Crippen molar-refractivity contribution in [3.8, 4) is 5.75 Å². The van der Waals surface area contributed by atoms with Gasteiger partial charge in [-0.1, -0.05) is 19.0 Å². The van der Waals surface area contributed by atoms with Gasteiger partial charge in [-0.25, -0.2) is 0 Å². The Balaban J connectivity index is 2.94. The van der Waals surface area contributed by atoms with Gasteiger partial charge in [0.05, 0.1) is 6.04 Å². The number of amidine groups is 1. The minimum atomic E-state index is -0.550. The number of rotatable bonds is 4. The third-order valence-corrected chi connectivity index (χ3v) is 2.84. The maximum atomic E-state index is 12.1. The number of benzene rings is 1. The van der Waals surface area contributed by atoms with Crippen molar-refractivity contribution in [3.05, 3.63) is 29.3 Å².